The molecule has 0 bridgehead atoms. The van der Waals surface area contributed by atoms with Crippen molar-refractivity contribution in [3.8, 4) is 0 Å². The molecular formula is C19H24N2O2S. The molecule has 0 aliphatic rings. The van der Waals surface area contributed by atoms with Gasteiger partial charge in [0.1, 0.15) is 0 Å². The number of carbonyl (C=O) groups is 1. The predicted molar refractivity (Wildman–Crippen MR) is 102 cm³/mol. The number of aliphatic hydroxyl groups excluding tert-OH is 1. The Hall–Kier alpha value is -1.98. The highest BCUT2D eigenvalue weighted by Crippen LogP contribution is 2.27. The molecule has 128 valence electrons. The van der Waals surface area contributed by atoms with Crippen molar-refractivity contribution < 1.29 is 9.90 Å². The molecule has 0 unspecified atom stereocenters. The first-order valence-corrected chi connectivity index (χ1v) is 8.88. The zero-order chi connectivity index (χ0) is 17.5. The Balaban J connectivity index is 2.10. The van der Waals surface area contributed by atoms with E-state index in [1.54, 1.807) is 11.8 Å². The van der Waals surface area contributed by atoms with Crippen molar-refractivity contribution in [1.82, 2.24) is 0 Å². The molecule has 2 N–H and O–H groups in total. The number of hydrogen-bond donors (Lipinski definition) is 2. The highest BCUT2D eigenvalue weighted by atomic mass is 32.2. The molecule has 0 saturated heterocycles. The van der Waals surface area contributed by atoms with Gasteiger partial charge in [0.05, 0.1) is 12.2 Å². The molecule has 0 saturated carbocycles. The van der Waals surface area contributed by atoms with Gasteiger partial charge >= 0.3 is 0 Å². The number of nitrogens with one attached hydrogen (secondary N) is 1. The number of nitrogens with zero attached hydrogens (tertiary/aromatic N) is 1. The molecule has 0 heterocycles. The Kier molecular flexibility index (Phi) is 6.70. The van der Waals surface area contributed by atoms with Crippen LogP contribution in [0, 0.1) is 0 Å². The molecule has 1 amide bonds. The van der Waals surface area contributed by atoms with Crippen molar-refractivity contribution in [2.45, 2.75) is 24.0 Å². The molecule has 0 fully saturated rings. The highest BCUT2D eigenvalue weighted by molar-refractivity contribution is 8.00. The van der Waals surface area contributed by atoms with Gasteiger partial charge in [-0.05, 0) is 36.4 Å². The van der Waals surface area contributed by atoms with Crippen LogP contribution in [-0.2, 0) is 0 Å². The molecule has 0 atom stereocenters. The van der Waals surface area contributed by atoms with Gasteiger partial charge in [-0.3, -0.25) is 4.79 Å². The largest absolute Gasteiger partial charge is 0.395 e. The molecular weight excluding hydrogens is 320 g/mol. The van der Waals surface area contributed by atoms with E-state index in [9.17, 15) is 4.79 Å². The lowest BCUT2D eigenvalue weighted by atomic mass is 10.2. The number of amides is 1. The average molecular weight is 344 g/mol. The second-order valence-electron chi connectivity index (χ2n) is 5.81. The van der Waals surface area contributed by atoms with Crippen LogP contribution >= 0.6 is 11.8 Å². The van der Waals surface area contributed by atoms with Gasteiger partial charge < -0.3 is 15.3 Å². The fourth-order valence-corrected chi connectivity index (χ4v) is 3.24. The second kappa shape index (κ2) is 8.76. The first-order valence-electron chi connectivity index (χ1n) is 8.00. The van der Waals surface area contributed by atoms with Crippen molar-refractivity contribution >= 4 is 29.0 Å². The molecule has 0 radical (unpaired) electrons. The lowest BCUT2D eigenvalue weighted by molar-refractivity contribution is 0.102. The normalized spacial score (nSPS) is 10.7. The molecule has 2 rings (SSSR count). The molecule has 0 aromatic heterocycles. The van der Waals surface area contributed by atoms with E-state index in [-0.39, 0.29) is 12.5 Å². The topological polar surface area (TPSA) is 52.6 Å². The summed E-state index contributed by atoms with van der Waals surface area (Å²) in [6.45, 7) is 4.91. The van der Waals surface area contributed by atoms with E-state index in [0.717, 1.165) is 16.3 Å². The van der Waals surface area contributed by atoms with Gasteiger partial charge in [-0.15, -0.1) is 11.8 Å². The number of thioether (sulfide) groups is 1. The van der Waals surface area contributed by atoms with Crippen LogP contribution in [0.4, 0.5) is 11.4 Å². The van der Waals surface area contributed by atoms with Gasteiger partial charge in [-0.25, -0.2) is 0 Å². The van der Waals surface area contributed by atoms with E-state index in [4.69, 9.17) is 5.11 Å². The van der Waals surface area contributed by atoms with E-state index in [2.05, 4.69) is 19.2 Å². The summed E-state index contributed by atoms with van der Waals surface area (Å²) in [6.07, 6.45) is 0. The molecule has 2 aromatic carbocycles. The second-order valence-corrected chi connectivity index (χ2v) is 7.43. The van der Waals surface area contributed by atoms with Gasteiger partial charge in [-0.1, -0.05) is 26.0 Å². The minimum Gasteiger partial charge on any atom is -0.395 e. The monoisotopic (exact) mass is 344 g/mol. The van der Waals surface area contributed by atoms with Crippen molar-refractivity contribution in [3.05, 3.63) is 54.1 Å². The Morgan fingerprint density at radius 2 is 1.83 bits per heavy atom. The molecule has 2 aromatic rings. The van der Waals surface area contributed by atoms with Crippen LogP contribution in [0.2, 0.25) is 0 Å². The van der Waals surface area contributed by atoms with Gasteiger partial charge in [0.2, 0.25) is 0 Å². The summed E-state index contributed by atoms with van der Waals surface area (Å²) in [5, 5.41) is 12.4. The van der Waals surface area contributed by atoms with Crippen molar-refractivity contribution in [2.24, 2.45) is 0 Å². The number of anilines is 2. The number of rotatable bonds is 7. The minimum absolute atomic E-state index is 0.102. The van der Waals surface area contributed by atoms with Crippen LogP contribution in [0.5, 0.6) is 0 Å². The fraction of sp³-hybridized carbons (Fsp3) is 0.316. The highest BCUT2D eigenvalue weighted by Gasteiger charge is 2.12. The van der Waals surface area contributed by atoms with Crippen LogP contribution in [0.3, 0.4) is 0 Å². The molecule has 0 spiro atoms. The van der Waals surface area contributed by atoms with Gasteiger partial charge in [0.15, 0.2) is 0 Å². The maximum Gasteiger partial charge on any atom is 0.256 e. The number of aliphatic hydroxyl groups is 1. The standard InChI is InChI=1S/C19H24N2O2S/c1-14(2)24-18-7-5-4-6-17(18)19(23)20-15-8-10-16(11-9-15)21(3)12-13-22/h4-11,14,22H,12-13H2,1-3H3,(H,20,23). The SMILES string of the molecule is CC(C)Sc1ccccc1C(=O)Nc1ccc(N(C)CCO)cc1. The van der Waals surface area contributed by atoms with Crippen LogP contribution in [-0.4, -0.2) is 36.5 Å². The Labute approximate surface area is 147 Å². The summed E-state index contributed by atoms with van der Waals surface area (Å²) in [4.78, 5) is 15.5. The van der Waals surface area contributed by atoms with E-state index in [0.29, 0.717) is 17.4 Å². The molecule has 4 nitrogen and oxygen atoms in total. The fourth-order valence-electron chi connectivity index (χ4n) is 2.29. The van der Waals surface area contributed by atoms with Crippen LogP contribution in [0.1, 0.15) is 24.2 Å². The first kappa shape index (κ1) is 18.4. The summed E-state index contributed by atoms with van der Waals surface area (Å²) < 4.78 is 0. The summed E-state index contributed by atoms with van der Waals surface area (Å²) in [5.74, 6) is -0.102. The van der Waals surface area contributed by atoms with Crippen molar-refractivity contribution in [2.75, 3.05) is 30.4 Å². The third kappa shape index (κ3) is 5.01. The van der Waals surface area contributed by atoms with Crippen molar-refractivity contribution in [1.29, 1.82) is 0 Å². The van der Waals surface area contributed by atoms with E-state index in [1.165, 1.54) is 0 Å². The molecule has 0 aliphatic heterocycles. The number of benzene rings is 2. The average Bonchev–Trinajstić information content (AvgIpc) is 2.55. The van der Waals surface area contributed by atoms with Crippen LogP contribution in [0.15, 0.2) is 53.4 Å². The Morgan fingerprint density at radius 3 is 2.46 bits per heavy atom. The Bertz CT molecular complexity index is 671. The molecule has 0 aliphatic carbocycles. The van der Waals surface area contributed by atoms with Gasteiger partial charge in [0.25, 0.3) is 5.91 Å². The third-order valence-corrected chi connectivity index (χ3v) is 4.58. The maximum atomic E-state index is 12.6. The smallest absolute Gasteiger partial charge is 0.256 e. The number of likely N-dealkylation sites (N-methyl/N-ethyl adjacent to an activating group) is 1. The molecule has 5 heteroatoms. The summed E-state index contributed by atoms with van der Waals surface area (Å²) in [5.41, 5.74) is 2.45. The zero-order valence-corrected chi connectivity index (χ0v) is 15.1. The zero-order valence-electron chi connectivity index (χ0n) is 14.3. The minimum atomic E-state index is -0.102. The van der Waals surface area contributed by atoms with Crippen LogP contribution < -0.4 is 10.2 Å². The lowest BCUT2D eigenvalue weighted by Gasteiger charge is -2.18. The maximum absolute atomic E-state index is 12.6. The van der Waals surface area contributed by atoms with E-state index in [1.807, 2.05) is 60.5 Å². The predicted octanol–water partition coefficient (Wildman–Crippen LogP) is 3.87. The number of carbonyl (C=O) groups excluding carboxylic acids is 1. The lowest BCUT2D eigenvalue weighted by Crippen LogP contribution is -2.21. The van der Waals surface area contributed by atoms with E-state index < -0.39 is 0 Å². The molecule has 24 heavy (non-hydrogen) atoms. The Morgan fingerprint density at radius 1 is 1.17 bits per heavy atom. The van der Waals surface area contributed by atoms with Crippen LogP contribution in [0.25, 0.3) is 0 Å². The van der Waals surface area contributed by atoms with Gasteiger partial charge in [-0.2, -0.15) is 0 Å². The van der Waals surface area contributed by atoms with Crippen molar-refractivity contribution in [3.63, 3.8) is 0 Å². The first-order chi connectivity index (χ1) is 11.5. The van der Waals surface area contributed by atoms with E-state index >= 15 is 0 Å². The quantitative estimate of drug-likeness (QED) is 0.749. The number of hydrogen-bond acceptors (Lipinski definition) is 4. The summed E-state index contributed by atoms with van der Waals surface area (Å²) >= 11 is 1.68. The third-order valence-electron chi connectivity index (χ3n) is 3.50. The summed E-state index contributed by atoms with van der Waals surface area (Å²) in [7, 11) is 1.92. The van der Waals surface area contributed by atoms with Gasteiger partial charge in [0, 0.05) is 35.1 Å². The summed E-state index contributed by atoms with van der Waals surface area (Å²) in [6, 6.07) is 15.3.